The van der Waals surface area contributed by atoms with Crippen LogP contribution in [0.25, 0.3) is 11.0 Å². The number of nitrogens with zero attached hydrogens (tertiary/aromatic N) is 2. The predicted octanol–water partition coefficient (Wildman–Crippen LogP) is 3.15. The van der Waals surface area contributed by atoms with Crippen molar-refractivity contribution >= 4 is 38.9 Å². The van der Waals surface area contributed by atoms with E-state index in [2.05, 4.69) is 20.9 Å². The van der Waals surface area contributed by atoms with Gasteiger partial charge in [-0.1, -0.05) is 15.9 Å². The van der Waals surface area contributed by atoms with Gasteiger partial charge in [0, 0.05) is 4.47 Å². The van der Waals surface area contributed by atoms with E-state index < -0.39 is 17.5 Å². The molecular weight excluding hydrogens is 352 g/mol. The third-order valence-corrected chi connectivity index (χ3v) is 3.41. The van der Waals surface area contributed by atoms with Crippen LogP contribution in [0.15, 0.2) is 16.6 Å². The lowest BCUT2D eigenvalue weighted by Gasteiger charge is -2.20. The minimum absolute atomic E-state index is 0.0187. The summed E-state index contributed by atoms with van der Waals surface area (Å²) < 4.78 is 7.57. The summed E-state index contributed by atoms with van der Waals surface area (Å²) in [6.45, 7) is 7.09. The number of rotatable bonds is 3. The van der Waals surface area contributed by atoms with Gasteiger partial charge in [0.2, 0.25) is 0 Å². The third-order valence-electron chi connectivity index (χ3n) is 2.95. The number of aryl methyl sites for hydroxylation is 1. The number of aromatic carboxylic acids is 1. The highest BCUT2D eigenvalue weighted by atomic mass is 79.9. The van der Waals surface area contributed by atoms with E-state index in [1.165, 1.54) is 6.07 Å². The number of carbonyl (C=O) groups is 2. The van der Waals surface area contributed by atoms with Gasteiger partial charge in [-0.25, -0.2) is 9.78 Å². The molecule has 0 saturated carbocycles. The molecule has 6 nitrogen and oxygen atoms in total. The first kappa shape index (κ1) is 16.5. The second-order valence-electron chi connectivity index (χ2n) is 5.96. The largest absolute Gasteiger partial charge is 0.478 e. The standard InChI is InChI=1S/C15H17BrN2O4/c1-8-17-13-10(14(20)21)5-9(16)6-11(13)18(8)7-12(19)22-15(2,3)4/h5-6H,7H2,1-4H3,(H,20,21). The zero-order valence-corrected chi connectivity index (χ0v) is 14.4. The molecule has 7 heteroatoms. The van der Waals surface area contributed by atoms with Gasteiger partial charge in [-0.05, 0) is 39.8 Å². The Bertz CT molecular complexity index is 759. The summed E-state index contributed by atoms with van der Waals surface area (Å²) in [6, 6.07) is 3.24. The highest BCUT2D eigenvalue weighted by Crippen LogP contribution is 2.25. The van der Waals surface area contributed by atoms with Crippen molar-refractivity contribution < 1.29 is 19.4 Å². The highest BCUT2D eigenvalue weighted by molar-refractivity contribution is 9.10. The van der Waals surface area contributed by atoms with Crippen LogP contribution in [0.4, 0.5) is 0 Å². The van der Waals surface area contributed by atoms with E-state index in [4.69, 9.17) is 4.74 Å². The van der Waals surface area contributed by atoms with Crippen molar-refractivity contribution in [2.45, 2.75) is 39.8 Å². The van der Waals surface area contributed by atoms with Crippen molar-refractivity contribution in [3.05, 3.63) is 28.0 Å². The molecule has 0 bridgehead atoms. The average molecular weight is 369 g/mol. The van der Waals surface area contributed by atoms with Crippen molar-refractivity contribution in [2.24, 2.45) is 0 Å². The molecule has 2 aromatic rings. The van der Waals surface area contributed by atoms with Gasteiger partial charge < -0.3 is 14.4 Å². The molecule has 1 aromatic heterocycles. The van der Waals surface area contributed by atoms with Crippen molar-refractivity contribution in [1.29, 1.82) is 0 Å². The Morgan fingerprint density at radius 2 is 2.00 bits per heavy atom. The molecule has 0 unspecified atom stereocenters. The van der Waals surface area contributed by atoms with E-state index in [0.29, 0.717) is 21.3 Å². The van der Waals surface area contributed by atoms with Gasteiger partial charge >= 0.3 is 11.9 Å². The van der Waals surface area contributed by atoms with E-state index in [9.17, 15) is 14.7 Å². The smallest absolute Gasteiger partial charge is 0.338 e. The van der Waals surface area contributed by atoms with Crippen LogP contribution in [-0.4, -0.2) is 32.2 Å². The third kappa shape index (κ3) is 3.47. The molecule has 1 aromatic carbocycles. The van der Waals surface area contributed by atoms with Crippen molar-refractivity contribution in [3.8, 4) is 0 Å². The molecule has 0 amide bonds. The topological polar surface area (TPSA) is 81.4 Å². The van der Waals surface area contributed by atoms with Gasteiger partial charge in [-0.3, -0.25) is 4.79 Å². The maximum absolute atomic E-state index is 12.0. The number of imidazole rings is 1. The van der Waals surface area contributed by atoms with E-state index in [-0.39, 0.29) is 12.1 Å². The number of ether oxygens (including phenoxy) is 1. The van der Waals surface area contributed by atoms with Gasteiger partial charge in [-0.15, -0.1) is 0 Å². The summed E-state index contributed by atoms with van der Waals surface area (Å²) in [4.78, 5) is 27.6. The minimum Gasteiger partial charge on any atom is -0.478 e. The quantitative estimate of drug-likeness (QED) is 0.841. The normalized spacial score (nSPS) is 11.7. The first-order chi connectivity index (χ1) is 10.1. The van der Waals surface area contributed by atoms with Crippen LogP contribution in [0, 0.1) is 6.92 Å². The second-order valence-corrected chi connectivity index (χ2v) is 6.87. The lowest BCUT2D eigenvalue weighted by atomic mass is 10.2. The number of hydrogen-bond acceptors (Lipinski definition) is 4. The van der Waals surface area contributed by atoms with Gasteiger partial charge in [0.25, 0.3) is 0 Å². The number of aromatic nitrogens is 2. The number of benzene rings is 1. The van der Waals surface area contributed by atoms with Crippen molar-refractivity contribution in [3.63, 3.8) is 0 Å². The molecule has 1 N–H and O–H groups in total. The lowest BCUT2D eigenvalue weighted by molar-refractivity contribution is -0.155. The number of carboxylic acids is 1. The van der Waals surface area contributed by atoms with Crippen LogP contribution in [-0.2, 0) is 16.1 Å². The van der Waals surface area contributed by atoms with E-state index in [0.717, 1.165) is 0 Å². The van der Waals surface area contributed by atoms with Crippen LogP contribution >= 0.6 is 15.9 Å². The molecular formula is C15H17BrN2O4. The molecule has 0 radical (unpaired) electrons. The second kappa shape index (κ2) is 5.72. The summed E-state index contributed by atoms with van der Waals surface area (Å²) >= 11 is 3.29. The van der Waals surface area contributed by atoms with Crippen LogP contribution in [0.3, 0.4) is 0 Å². The Kier molecular flexibility index (Phi) is 4.28. The molecule has 2 rings (SSSR count). The monoisotopic (exact) mass is 368 g/mol. The summed E-state index contributed by atoms with van der Waals surface area (Å²) in [5.41, 5.74) is 0.455. The fourth-order valence-corrected chi connectivity index (χ4v) is 2.62. The number of carboxylic acid groups (broad SMARTS) is 1. The zero-order chi connectivity index (χ0) is 16.7. The first-order valence-corrected chi connectivity index (χ1v) is 7.49. The summed E-state index contributed by atoms with van der Waals surface area (Å²) in [5, 5.41) is 9.28. The molecule has 0 spiro atoms. The Labute approximate surface area is 136 Å². The molecule has 0 aliphatic heterocycles. The Hall–Kier alpha value is -1.89. The zero-order valence-electron chi connectivity index (χ0n) is 12.8. The highest BCUT2D eigenvalue weighted by Gasteiger charge is 2.21. The van der Waals surface area contributed by atoms with Gasteiger partial charge in [0.15, 0.2) is 0 Å². The lowest BCUT2D eigenvalue weighted by Crippen LogP contribution is -2.26. The van der Waals surface area contributed by atoms with Crippen LogP contribution in [0.1, 0.15) is 37.0 Å². The minimum atomic E-state index is -1.06. The van der Waals surface area contributed by atoms with Gasteiger partial charge in [0.05, 0.1) is 11.1 Å². The van der Waals surface area contributed by atoms with Crippen molar-refractivity contribution in [2.75, 3.05) is 0 Å². The molecule has 1 heterocycles. The van der Waals surface area contributed by atoms with E-state index in [1.54, 1.807) is 38.3 Å². The molecule has 0 atom stereocenters. The molecule has 0 aliphatic rings. The summed E-state index contributed by atoms with van der Waals surface area (Å²) in [6.07, 6.45) is 0. The van der Waals surface area contributed by atoms with Crippen LogP contribution in [0.2, 0.25) is 0 Å². The number of fused-ring (bicyclic) bond motifs is 1. The molecule has 118 valence electrons. The van der Waals surface area contributed by atoms with Gasteiger partial charge in [-0.2, -0.15) is 0 Å². The average Bonchev–Trinajstić information content (AvgIpc) is 2.63. The van der Waals surface area contributed by atoms with Crippen LogP contribution in [0.5, 0.6) is 0 Å². The van der Waals surface area contributed by atoms with Crippen LogP contribution < -0.4 is 0 Å². The fraction of sp³-hybridized carbons (Fsp3) is 0.400. The molecule has 0 aliphatic carbocycles. The molecule has 0 fully saturated rings. The number of halogens is 1. The summed E-state index contributed by atoms with van der Waals surface area (Å²) in [7, 11) is 0. The SMILES string of the molecule is Cc1nc2c(C(=O)O)cc(Br)cc2n1CC(=O)OC(C)(C)C. The molecule has 0 saturated heterocycles. The van der Waals surface area contributed by atoms with Gasteiger partial charge in [0.1, 0.15) is 23.5 Å². The Balaban J connectivity index is 2.49. The Morgan fingerprint density at radius 1 is 1.36 bits per heavy atom. The molecule has 22 heavy (non-hydrogen) atoms. The number of carbonyl (C=O) groups excluding carboxylic acids is 1. The van der Waals surface area contributed by atoms with E-state index in [1.807, 2.05) is 0 Å². The first-order valence-electron chi connectivity index (χ1n) is 6.70. The fourth-order valence-electron chi connectivity index (χ4n) is 2.17. The summed E-state index contributed by atoms with van der Waals surface area (Å²) in [5.74, 6) is -0.901. The van der Waals surface area contributed by atoms with Crippen molar-refractivity contribution in [1.82, 2.24) is 9.55 Å². The number of hydrogen-bond donors (Lipinski definition) is 1. The predicted molar refractivity (Wildman–Crippen MR) is 85.0 cm³/mol. The Morgan fingerprint density at radius 3 is 2.55 bits per heavy atom. The maximum atomic E-state index is 12.0. The number of esters is 1. The maximum Gasteiger partial charge on any atom is 0.338 e. The van der Waals surface area contributed by atoms with E-state index >= 15 is 0 Å².